The second kappa shape index (κ2) is 7.14. The van der Waals surface area contributed by atoms with E-state index in [-0.39, 0.29) is 11.9 Å². The SMILES string of the molecule is CC(NC(=O)c1ccc(Br)cc1Br)c1ccc(Cl)c(Cl)c1. The first kappa shape index (κ1) is 16.8. The molecule has 0 aromatic heterocycles. The number of nitrogens with one attached hydrogen (secondary N) is 1. The zero-order valence-corrected chi connectivity index (χ0v) is 15.6. The summed E-state index contributed by atoms with van der Waals surface area (Å²) in [5.74, 6) is -0.159. The number of hydrogen-bond donors (Lipinski definition) is 1. The van der Waals surface area contributed by atoms with Gasteiger partial charge in [-0.05, 0) is 58.7 Å². The lowest BCUT2D eigenvalue weighted by Crippen LogP contribution is -2.26. The molecule has 0 saturated heterocycles. The van der Waals surface area contributed by atoms with Crippen LogP contribution in [0.1, 0.15) is 28.9 Å². The first-order valence-electron chi connectivity index (χ1n) is 6.09. The van der Waals surface area contributed by atoms with Crippen molar-refractivity contribution in [1.82, 2.24) is 5.32 Å². The Morgan fingerprint density at radius 1 is 1.10 bits per heavy atom. The molecule has 0 aliphatic carbocycles. The summed E-state index contributed by atoms with van der Waals surface area (Å²) >= 11 is 18.6. The number of amides is 1. The zero-order chi connectivity index (χ0) is 15.6. The fraction of sp³-hybridized carbons (Fsp3) is 0.133. The highest BCUT2D eigenvalue weighted by Gasteiger charge is 2.15. The molecular weight excluding hydrogens is 441 g/mol. The van der Waals surface area contributed by atoms with E-state index in [2.05, 4.69) is 37.2 Å². The van der Waals surface area contributed by atoms with Crippen LogP contribution >= 0.6 is 55.1 Å². The van der Waals surface area contributed by atoms with E-state index >= 15 is 0 Å². The van der Waals surface area contributed by atoms with Gasteiger partial charge in [0, 0.05) is 8.95 Å². The Labute approximate surface area is 150 Å². The van der Waals surface area contributed by atoms with Gasteiger partial charge in [0.25, 0.3) is 5.91 Å². The Kier molecular flexibility index (Phi) is 5.72. The lowest BCUT2D eigenvalue weighted by Gasteiger charge is -2.15. The van der Waals surface area contributed by atoms with E-state index in [0.29, 0.717) is 15.6 Å². The minimum absolute atomic E-state index is 0.159. The zero-order valence-electron chi connectivity index (χ0n) is 11.0. The first-order valence-corrected chi connectivity index (χ1v) is 8.43. The second-order valence-electron chi connectivity index (χ2n) is 4.49. The van der Waals surface area contributed by atoms with Crippen LogP contribution in [0.15, 0.2) is 45.3 Å². The third kappa shape index (κ3) is 4.22. The van der Waals surface area contributed by atoms with Gasteiger partial charge in [-0.25, -0.2) is 0 Å². The number of hydrogen-bond acceptors (Lipinski definition) is 1. The van der Waals surface area contributed by atoms with Crippen LogP contribution in [0.4, 0.5) is 0 Å². The van der Waals surface area contributed by atoms with Crippen LogP contribution in [0.3, 0.4) is 0 Å². The number of carbonyl (C=O) groups excluding carboxylic acids is 1. The van der Waals surface area contributed by atoms with E-state index in [1.807, 2.05) is 25.1 Å². The van der Waals surface area contributed by atoms with Gasteiger partial charge >= 0.3 is 0 Å². The molecule has 0 radical (unpaired) electrons. The lowest BCUT2D eigenvalue weighted by molar-refractivity contribution is 0.0939. The normalized spacial score (nSPS) is 12.0. The third-order valence-electron chi connectivity index (χ3n) is 2.97. The van der Waals surface area contributed by atoms with Crippen molar-refractivity contribution in [3.63, 3.8) is 0 Å². The highest BCUT2D eigenvalue weighted by molar-refractivity contribution is 9.11. The first-order chi connectivity index (χ1) is 9.88. The van der Waals surface area contributed by atoms with Crippen molar-refractivity contribution in [2.75, 3.05) is 0 Å². The highest BCUT2D eigenvalue weighted by atomic mass is 79.9. The maximum atomic E-state index is 12.3. The molecule has 2 aromatic carbocycles. The Balaban J connectivity index is 2.16. The smallest absolute Gasteiger partial charge is 0.252 e. The van der Waals surface area contributed by atoms with Crippen molar-refractivity contribution in [1.29, 1.82) is 0 Å². The number of rotatable bonds is 3. The summed E-state index contributed by atoms with van der Waals surface area (Å²) in [5.41, 5.74) is 1.47. The number of halogens is 4. The summed E-state index contributed by atoms with van der Waals surface area (Å²) in [7, 11) is 0. The molecule has 1 amide bonds. The van der Waals surface area contributed by atoms with Crippen LogP contribution in [0.5, 0.6) is 0 Å². The molecule has 110 valence electrons. The summed E-state index contributed by atoms with van der Waals surface area (Å²) in [6.07, 6.45) is 0. The van der Waals surface area contributed by atoms with E-state index < -0.39 is 0 Å². The predicted molar refractivity (Wildman–Crippen MR) is 94.2 cm³/mol. The van der Waals surface area contributed by atoms with Gasteiger partial charge in [-0.2, -0.15) is 0 Å². The Hall–Kier alpha value is -0.550. The maximum Gasteiger partial charge on any atom is 0.252 e. The fourth-order valence-corrected chi connectivity index (χ4v) is 3.35. The largest absolute Gasteiger partial charge is 0.345 e. The molecule has 0 saturated carbocycles. The van der Waals surface area contributed by atoms with Gasteiger partial charge in [0.1, 0.15) is 0 Å². The molecule has 1 N–H and O–H groups in total. The van der Waals surface area contributed by atoms with E-state index in [0.717, 1.165) is 14.5 Å². The van der Waals surface area contributed by atoms with Crippen LogP contribution in [0, 0.1) is 0 Å². The van der Waals surface area contributed by atoms with Crippen molar-refractivity contribution in [2.45, 2.75) is 13.0 Å². The average molecular weight is 452 g/mol. The van der Waals surface area contributed by atoms with Gasteiger partial charge in [-0.15, -0.1) is 0 Å². The topological polar surface area (TPSA) is 29.1 Å². The summed E-state index contributed by atoms with van der Waals surface area (Å²) < 4.78 is 1.64. The predicted octanol–water partition coefficient (Wildman–Crippen LogP) is 6.01. The summed E-state index contributed by atoms with van der Waals surface area (Å²) in [6, 6.07) is 10.6. The summed E-state index contributed by atoms with van der Waals surface area (Å²) in [6.45, 7) is 1.89. The molecule has 0 spiro atoms. The maximum absolute atomic E-state index is 12.3. The van der Waals surface area contributed by atoms with Crippen LogP contribution < -0.4 is 5.32 Å². The van der Waals surface area contributed by atoms with Crippen LogP contribution in [-0.2, 0) is 0 Å². The molecule has 1 atom stereocenters. The third-order valence-corrected chi connectivity index (χ3v) is 4.86. The molecule has 2 rings (SSSR count). The van der Waals surface area contributed by atoms with Crippen LogP contribution in [0.25, 0.3) is 0 Å². The summed E-state index contributed by atoms with van der Waals surface area (Å²) in [4.78, 5) is 12.3. The fourth-order valence-electron chi connectivity index (χ4n) is 1.81. The molecule has 6 heteroatoms. The monoisotopic (exact) mass is 449 g/mol. The van der Waals surface area contributed by atoms with Crippen molar-refractivity contribution < 1.29 is 4.79 Å². The standard InChI is InChI=1S/C15H11Br2Cl2NO/c1-8(9-2-5-13(18)14(19)6-9)20-15(21)11-4-3-10(16)7-12(11)17/h2-8H,1H3,(H,20,21). The Morgan fingerprint density at radius 2 is 1.81 bits per heavy atom. The van der Waals surface area contributed by atoms with Crippen molar-refractivity contribution in [2.24, 2.45) is 0 Å². The van der Waals surface area contributed by atoms with Gasteiger partial charge in [-0.3, -0.25) is 4.79 Å². The highest BCUT2D eigenvalue weighted by Crippen LogP contribution is 2.26. The molecule has 21 heavy (non-hydrogen) atoms. The number of carbonyl (C=O) groups is 1. The van der Waals surface area contributed by atoms with Gasteiger partial charge in [-0.1, -0.05) is 45.2 Å². The van der Waals surface area contributed by atoms with E-state index in [1.54, 1.807) is 18.2 Å². The number of benzene rings is 2. The molecule has 0 aliphatic heterocycles. The summed E-state index contributed by atoms with van der Waals surface area (Å²) in [5, 5.41) is 3.90. The lowest BCUT2D eigenvalue weighted by atomic mass is 10.1. The molecule has 2 nitrogen and oxygen atoms in total. The molecule has 0 heterocycles. The van der Waals surface area contributed by atoms with E-state index in [9.17, 15) is 4.79 Å². The minimum Gasteiger partial charge on any atom is -0.345 e. The quantitative estimate of drug-likeness (QED) is 0.608. The van der Waals surface area contributed by atoms with Crippen molar-refractivity contribution in [3.8, 4) is 0 Å². The molecule has 2 aromatic rings. The van der Waals surface area contributed by atoms with E-state index in [4.69, 9.17) is 23.2 Å². The van der Waals surface area contributed by atoms with Crippen LogP contribution in [0.2, 0.25) is 10.0 Å². The molecule has 0 fully saturated rings. The van der Waals surface area contributed by atoms with Crippen molar-refractivity contribution >= 4 is 61.0 Å². The minimum atomic E-state index is -0.178. The van der Waals surface area contributed by atoms with Crippen molar-refractivity contribution in [3.05, 3.63) is 66.5 Å². The average Bonchev–Trinajstić information content (AvgIpc) is 2.41. The molecule has 0 bridgehead atoms. The van der Waals surface area contributed by atoms with Crippen LogP contribution in [-0.4, -0.2) is 5.91 Å². The Morgan fingerprint density at radius 3 is 2.43 bits per heavy atom. The van der Waals surface area contributed by atoms with E-state index in [1.165, 1.54) is 0 Å². The molecule has 0 aliphatic rings. The Bertz CT molecular complexity index is 691. The molecule has 1 unspecified atom stereocenters. The van der Waals surface area contributed by atoms with Gasteiger partial charge in [0.15, 0.2) is 0 Å². The van der Waals surface area contributed by atoms with Gasteiger partial charge < -0.3 is 5.32 Å². The molecular formula is C15H11Br2Cl2NO. The van der Waals surface area contributed by atoms with Gasteiger partial charge in [0.05, 0.1) is 21.7 Å². The second-order valence-corrected chi connectivity index (χ2v) is 7.08. The van der Waals surface area contributed by atoms with Gasteiger partial charge in [0.2, 0.25) is 0 Å².